The predicted octanol–water partition coefficient (Wildman–Crippen LogP) is 3.50. The van der Waals surface area contributed by atoms with Gasteiger partial charge in [0.05, 0.1) is 0 Å². The molecule has 0 bridgehead atoms. The Labute approximate surface area is 130 Å². The lowest BCUT2D eigenvalue weighted by atomic mass is 9.78. The van der Waals surface area contributed by atoms with Crippen molar-refractivity contribution in [1.82, 2.24) is 4.90 Å². The molecule has 1 saturated carbocycles. The van der Waals surface area contributed by atoms with E-state index in [9.17, 15) is 4.79 Å². The van der Waals surface area contributed by atoms with Gasteiger partial charge < -0.3 is 10.6 Å². The largest absolute Gasteiger partial charge is 0.339 e. The van der Waals surface area contributed by atoms with Gasteiger partial charge in [-0.1, -0.05) is 25.7 Å². The summed E-state index contributed by atoms with van der Waals surface area (Å²) in [5.41, 5.74) is 5.49. The van der Waals surface area contributed by atoms with E-state index in [1.807, 2.05) is 0 Å². The van der Waals surface area contributed by atoms with Crippen LogP contribution in [0.4, 0.5) is 0 Å². The highest BCUT2D eigenvalue weighted by Crippen LogP contribution is 2.35. The number of carbonyl (C=O) groups is 1. The van der Waals surface area contributed by atoms with Crippen LogP contribution in [0.1, 0.15) is 70.6 Å². The van der Waals surface area contributed by atoms with Crippen molar-refractivity contribution in [3.63, 3.8) is 0 Å². The van der Waals surface area contributed by atoms with E-state index in [0.29, 0.717) is 11.9 Å². The topological polar surface area (TPSA) is 46.3 Å². The summed E-state index contributed by atoms with van der Waals surface area (Å²) < 4.78 is 0. The lowest BCUT2D eigenvalue weighted by Gasteiger charge is -2.44. The van der Waals surface area contributed by atoms with Gasteiger partial charge in [-0.3, -0.25) is 4.79 Å². The zero-order chi connectivity index (χ0) is 13.5. The molecule has 3 nitrogen and oxygen atoms in total. The number of rotatable bonds is 6. The maximum absolute atomic E-state index is 12.4. The molecule has 0 aromatic carbocycles. The minimum atomic E-state index is 0. The van der Waals surface area contributed by atoms with E-state index >= 15 is 0 Å². The zero-order valence-electron chi connectivity index (χ0n) is 12.7. The standard InChI is InChI=1S/C16H30N2O.ClH/c17-12-6-2-1-3-11-16(19)18-13-7-9-14-8-4-5-10-15(14)18;/h14-15H,1-13,17H2;1H. The molecule has 2 aliphatic rings. The minimum absolute atomic E-state index is 0. The molecule has 2 unspecified atom stereocenters. The molecule has 4 heteroatoms. The Morgan fingerprint density at radius 1 is 1.00 bits per heavy atom. The monoisotopic (exact) mass is 302 g/mol. The van der Waals surface area contributed by atoms with Crippen LogP contribution < -0.4 is 5.73 Å². The Morgan fingerprint density at radius 2 is 1.70 bits per heavy atom. The van der Waals surface area contributed by atoms with Crippen molar-refractivity contribution < 1.29 is 4.79 Å². The van der Waals surface area contributed by atoms with E-state index in [4.69, 9.17) is 5.73 Å². The van der Waals surface area contributed by atoms with E-state index in [0.717, 1.165) is 44.7 Å². The van der Waals surface area contributed by atoms with Crippen molar-refractivity contribution in [3.8, 4) is 0 Å². The molecule has 0 aromatic heterocycles. The number of piperidine rings is 1. The van der Waals surface area contributed by atoms with Crippen LogP contribution in [0.15, 0.2) is 0 Å². The number of amides is 1. The molecule has 2 fully saturated rings. The zero-order valence-corrected chi connectivity index (χ0v) is 13.5. The molecule has 0 spiro atoms. The molecule has 1 aliphatic heterocycles. The fraction of sp³-hybridized carbons (Fsp3) is 0.938. The predicted molar refractivity (Wildman–Crippen MR) is 86.1 cm³/mol. The summed E-state index contributed by atoms with van der Waals surface area (Å²) in [5.74, 6) is 1.23. The lowest BCUT2D eigenvalue weighted by Crippen LogP contribution is -2.49. The van der Waals surface area contributed by atoms with Gasteiger partial charge in [0.2, 0.25) is 5.91 Å². The van der Waals surface area contributed by atoms with E-state index in [1.54, 1.807) is 0 Å². The number of unbranched alkanes of at least 4 members (excludes halogenated alkanes) is 3. The van der Waals surface area contributed by atoms with Gasteiger partial charge in [0.15, 0.2) is 0 Å². The molecule has 1 saturated heterocycles. The molecule has 2 atom stereocenters. The molecular formula is C16H31ClN2O. The first-order valence-corrected chi connectivity index (χ1v) is 8.32. The molecule has 20 heavy (non-hydrogen) atoms. The summed E-state index contributed by atoms with van der Waals surface area (Å²) in [6.45, 7) is 1.80. The molecule has 0 radical (unpaired) electrons. The second-order valence-corrected chi connectivity index (χ2v) is 6.29. The van der Waals surface area contributed by atoms with Crippen molar-refractivity contribution in [2.45, 2.75) is 76.7 Å². The Morgan fingerprint density at radius 3 is 2.50 bits per heavy atom. The number of likely N-dealkylation sites (tertiary alicyclic amines) is 1. The van der Waals surface area contributed by atoms with Crippen molar-refractivity contribution >= 4 is 18.3 Å². The molecule has 1 heterocycles. The van der Waals surface area contributed by atoms with Crippen LogP contribution in [0, 0.1) is 5.92 Å². The first-order valence-electron chi connectivity index (χ1n) is 8.32. The Hall–Kier alpha value is -0.280. The van der Waals surface area contributed by atoms with Gasteiger partial charge in [0.1, 0.15) is 0 Å². The van der Waals surface area contributed by atoms with E-state index in [2.05, 4.69) is 4.90 Å². The average Bonchev–Trinajstić information content (AvgIpc) is 2.46. The van der Waals surface area contributed by atoms with Crippen LogP contribution in [0.3, 0.4) is 0 Å². The fourth-order valence-electron chi connectivity index (χ4n) is 3.85. The SMILES string of the molecule is Cl.NCCCCCCC(=O)N1CCCC2CCCCC21. The molecule has 118 valence electrons. The van der Waals surface area contributed by atoms with Gasteiger partial charge in [-0.15, -0.1) is 12.4 Å². The summed E-state index contributed by atoms with van der Waals surface area (Å²) in [6, 6.07) is 0.582. The van der Waals surface area contributed by atoms with Crippen molar-refractivity contribution in [1.29, 1.82) is 0 Å². The van der Waals surface area contributed by atoms with E-state index in [1.165, 1.54) is 44.9 Å². The van der Waals surface area contributed by atoms with Crippen LogP contribution in [0.2, 0.25) is 0 Å². The Balaban J connectivity index is 0.00000200. The normalized spacial score (nSPS) is 25.8. The molecule has 2 N–H and O–H groups in total. The van der Waals surface area contributed by atoms with Crippen LogP contribution in [0.25, 0.3) is 0 Å². The summed E-state index contributed by atoms with van der Waals surface area (Å²) in [6.07, 6.45) is 13.1. The number of carbonyl (C=O) groups excluding carboxylic acids is 1. The molecule has 0 aromatic rings. The average molecular weight is 303 g/mol. The van der Waals surface area contributed by atoms with Crippen LogP contribution in [0.5, 0.6) is 0 Å². The maximum atomic E-state index is 12.4. The minimum Gasteiger partial charge on any atom is -0.339 e. The Bertz CT molecular complexity index is 284. The van der Waals surface area contributed by atoms with Gasteiger partial charge >= 0.3 is 0 Å². The molecule has 1 aliphatic carbocycles. The van der Waals surface area contributed by atoms with Gasteiger partial charge in [-0.25, -0.2) is 0 Å². The molecular weight excluding hydrogens is 272 g/mol. The van der Waals surface area contributed by atoms with Crippen molar-refractivity contribution in [2.24, 2.45) is 11.7 Å². The van der Waals surface area contributed by atoms with Crippen molar-refractivity contribution in [3.05, 3.63) is 0 Å². The smallest absolute Gasteiger partial charge is 0.222 e. The highest BCUT2D eigenvalue weighted by molar-refractivity contribution is 5.85. The number of hydrogen-bond acceptors (Lipinski definition) is 2. The second kappa shape index (κ2) is 9.62. The second-order valence-electron chi connectivity index (χ2n) is 6.29. The Kier molecular flexibility index (Phi) is 8.55. The van der Waals surface area contributed by atoms with Crippen molar-refractivity contribution in [2.75, 3.05) is 13.1 Å². The maximum Gasteiger partial charge on any atom is 0.222 e. The van der Waals surface area contributed by atoms with Crippen LogP contribution in [-0.2, 0) is 4.79 Å². The highest BCUT2D eigenvalue weighted by atomic mass is 35.5. The van der Waals surface area contributed by atoms with Gasteiger partial charge in [-0.2, -0.15) is 0 Å². The highest BCUT2D eigenvalue weighted by Gasteiger charge is 2.35. The molecule has 1 amide bonds. The third kappa shape index (κ3) is 4.92. The number of nitrogens with two attached hydrogens (primary N) is 1. The fourth-order valence-corrected chi connectivity index (χ4v) is 3.85. The van der Waals surface area contributed by atoms with Crippen LogP contribution >= 0.6 is 12.4 Å². The number of hydrogen-bond donors (Lipinski definition) is 1. The summed E-state index contributed by atoms with van der Waals surface area (Å²) in [4.78, 5) is 14.6. The third-order valence-corrected chi connectivity index (χ3v) is 4.91. The first kappa shape index (κ1) is 17.8. The molecule has 2 rings (SSSR count). The first-order chi connectivity index (χ1) is 9.33. The van der Waals surface area contributed by atoms with E-state index < -0.39 is 0 Å². The quantitative estimate of drug-likeness (QED) is 0.763. The van der Waals surface area contributed by atoms with E-state index in [-0.39, 0.29) is 12.4 Å². The van der Waals surface area contributed by atoms with Crippen LogP contribution in [-0.4, -0.2) is 29.9 Å². The summed E-state index contributed by atoms with van der Waals surface area (Å²) >= 11 is 0. The number of fused-ring (bicyclic) bond motifs is 1. The number of nitrogens with zero attached hydrogens (tertiary/aromatic N) is 1. The lowest BCUT2D eigenvalue weighted by molar-refractivity contribution is -0.137. The number of halogens is 1. The van der Waals surface area contributed by atoms with Gasteiger partial charge in [-0.05, 0) is 51.0 Å². The van der Waals surface area contributed by atoms with Gasteiger partial charge in [0, 0.05) is 19.0 Å². The van der Waals surface area contributed by atoms with Gasteiger partial charge in [0.25, 0.3) is 0 Å². The summed E-state index contributed by atoms with van der Waals surface area (Å²) in [7, 11) is 0. The third-order valence-electron chi connectivity index (χ3n) is 4.91. The summed E-state index contributed by atoms with van der Waals surface area (Å²) in [5, 5.41) is 0.